The van der Waals surface area contributed by atoms with E-state index in [9.17, 15) is 0 Å². The summed E-state index contributed by atoms with van der Waals surface area (Å²) in [7, 11) is 0. The van der Waals surface area contributed by atoms with Gasteiger partial charge in [0.25, 0.3) is 0 Å². The largest absolute Gasteiger partial charge is 0.298 e. The van der Waals surface area contributed by atoms with Gasteiger partial charge in [-0.05, 0) is 46.2 Å². The highest BCUT2D eigenvalue weighted by atomic mass is 15.2. The van der Waals surface area contributed by atoms with Crippen molar-refractivity contribution in [3.8, 4) is 0 Å². The minimum absolute atomic E-state index is 0.386. The van der Waals surface area contributed by atoms with Crippen LogP contribution in [0.25, 0.3) is 0 Å². The summed E-state index contributed by atoms with van der Waals surface area (Å²) in [5.41, 5.74) is 0.386. The average Bonchev–Trinajstić information content (AvgIpc) is 2.70. The molecule has 1 heteroatoms. The van der Waals surface area contributed by atoms with Crippen LogP contribution in [0.2, 0.25) is 0 Å². The van der Waals surface area contributed by atoms with Gasteiger partial charge in [0.1, 0.15) is 0 Å². The van der Waals surface area contributed by atoms with Gasteiger partial charge < -0.3 is 0 Å². The molecule has 0 fully saturated rings. The standard InChI is InChI=1S/C28H59N/c1-6-9-12-15-17-20-23-26-29(27-24-21-18-16-13-10-7-2)28(4,5)25-22-19-14-11-8-3/h6-27H2,1-5H3. The molecule has 0 heterocycles. The number of hydrogen-bond acceptors (Lipinski definition) is 1. The number of rotatable bonds is 23. The molecule has 0 spiro atoms. The van der Waals surface area contributed by atoms with Crippen LogP contribution in [0, 0.1) is 0 Å². The van der Waals surface area contributed by atoms with Gasteiger partial charge >= 0.3 is 0 Å². The Bertz CT molecular complexity index is 291. The van der Waals surface area contributed by atoms with Crippen LogP contribution >= 0.6 is 0 Å². The molecule has 0 saturated heterocycles. The first-order chi connectivity index (χ1) is 14.1. The quantitative estimate of drug-likeness (QED) is 0.152. The van der Waals surface area contributed by atoms with Crippen molar-refractivity contribution in [3.05, 3.63) is 0 Å². The van der Waals surface area contributed by atoms with Crippen molar-refractivity contribution in [2.45, 2.75) is 169 Å². The van der Waals surface area contributed by atoms with Gasteiger partial charge in [-0.3, -0.25) is 4.90 Å². The first-order valence-corrected chi connectivity index (χ1v) is 13.8. The smallest absolute Gasteiger partial charge is 0.0153 e. The Morgan fingerprint density at radius 2 is 0.724 bits per heavy atom. The number of unbranched alkanes of at least 4 members (excludes halogenated alkanes) is 16. The second kappa shape index (κ2) is 21.2. The summed E-state index contributed by atoms with van der Waals surface area (Å²) < 4.78 is 0. The van der Waals surface area contributed by atoms with E-state index in [1.165, 1.54) is 142 Å². The van der Waals surface area contributed by atoms with Gasteiger partial charge in [0.2, 0.25) is 0 Å². The Hall–Kier alpha value is -0.0400. The predicted molar refractivity (Wildman–Crippen MR) is 135 cm³/mol. The van der Waals surface area contributed by atoms with Crippen molar-refractivity contribution < 1.29 is 0 Å². The van der Waals surface area contributed by atoms with Crippen LogP contribution in [0.4, 0.5) is 0 Å². The molecule has 0 bridgehead atoms. The Labute approximate surface area is 186 Å². The lowest BCUT2D eigenvalue weighted by Gasteiger charge is -2.39. The third-order valence-electron chi connectivity index (χ3n) is 6.81. The normalized spacial score (nSPS) is 12.2. The summed E-state index contributed by atoms with van der Waals surface area (Å²) in [6, 6.07) is 0. The van der Waals surface area contributed by atoms with Crippen molar-refractivity contribution in [3.63, 3.8) is 0 Å². The van der Waals surface area contributed by atoms with Gasteiger partial charge in [-0.25, -0.2) is 0 Å². The second-order valence-corrected chi connectivity index (χ2v) is 10.2. The number of nitrogens with zero attached hydrogens (tertiary/aromatic N) is 1. The van der Waals surface area contributed by atoms with E-state index in [0.29, 0.717) is 5.54 Å². The fraction of sp³-hybridized carbons (Fsp3) is 1.00. The lowest BCUT2D eigenvalue weighted by atomic mass is 9.93. The molecule has 29 heavy (non-hydrogen) atoms. The van der Waals surface area contributed by atoms with E-state index in [1.807, 2.05) is 0 Å². The van der Waals surface area contributed by atoms with Crippen LogP contribution in [0.3, 0.4) is 0 Å². The molecule has 0 unspecified atom stereocenters. The van der Waals surface area contributed by atoms with Gasteiger partial charge in [-0.15, -0.1) is 0 Å². The van der Waals surface area contributed by atoms with Crippen molar-refractivity contribution in [1.82, 2.24) is 4.90 Å². The average molecular weight is 410 g/mol. The summed E-state index contributed by atoms with van der Waals surface area (Å²) in [4.78, 5) is 2.87. The van der Waals surface area contributed by atoms with Crippen LogP contribution in [-0.2, 0) is 0 Å². The van der Waals surface area contributed by atoms with E-state index in [-0.39, 0.29) is 0 Å². The summed E-state index contributed by atoms with van der Waals surface area (Å²) >= 11 is 0. The topological polar surface area (TPSA) is 3.24 Å². The van der Waals surface area contributed by atoms with Crippen LogP contribution in [0.5, 0.6) is 0 Å². The molecule has 0 aliphatic carbocycles. The molecular formula is C28H59N. The van der Waals surface area contributed by atoms with Gasteiger partial charge in [0.15, 0.2) is 0 Å². The molecule has 0 aliphatic rings. The minimum Gasteiger partial charge on any atom is -0.298 e. The maximum atomic E-state index is 2.87. The van der Waals surface area contributed by atoms with Gasteiger partial charge in [0.05, 0.1) is 0 Å². The predicted octanol–water partition coefficient (Wildman–Crippen LogP) is 9.93. The Balaban J connectivity index is 4.23. The third-order valence-corrected chi connectivity index (χ3v) is 6.81. The molecule has 176 valence electrons. The van der Waals surface area contributed by atoms with Crippen molar-refractivity contribution in [1.29, 1.82) is 0 Å². The van der Waals surface area contributed by atoms with Crippen LogP contribution < -0.4 is 0 Å². The summed E-state index contributed by atoms with van der Waals surface area (Å²) in [5.74, 6) is 0. The zero-order chi connectivity index (χ0) is 21.6. The maximum absolute atomic E-state index is 2.87. The molecule has 0 aliphatic heterocycles. The molecule has 0 aromatic carbocycles. The van der Waals surface area contributed by atoms with Gasteiger partial charge in [0, 0.05) is 5.54 Å². The SMILES string of the molecule is CCCCCCCCCN(CCCCCCCCC)C(C)(C)CCCCCCC. The maximum Gasteiger partial charge on any atom is 0.0153 e. The molecule has 0 aromatic heterocycles. The Morgan fingerprint density at radius 3 is 1.10 bits per heavy atom. The first kappa shape index (κ1) is 29.0. The van der Waals surface area contributed by atoms with E-state index >= 15 is 0 Å². The molecule has 0 radical (unpaired) electrons. The second-order valence-electron chi connectivity index (χ2n) is 10.2. The summed E-state index contributed by atoms with van der Waals surface area (Å²) in [6.07, 6.45) is 28.4. The fourth-order valence-electron chi connectivity index (χ4n) is 4.56. The van der Waals surface area contributed by atoms with Crippen molar-refractivity contribution in [2.24, 2.45) is 0 Å². The fourth-order valence-corrected chi connectivity index (χ4v) is 4.56. The highest BCUT2D eigenvalue weighted by Crippen LogP contribution is 2.24. The minimum atomic E-state index is 0.386. The summed E-state index contributed by atoms with van der Waals surface area (Å²) in [6.45, 7) is 14.6. The number of hydrogen-bond donors (Lipinski definition) is 0. The van der Waals surface area contributed by atoms with Crippen molar-refractivity contribution in [2.75, 3.05) is 13.1 Å². The molecule has 0 aromatic rings. The van der Waals surface area contributed by atoms with E-state index < -0.39 is 0 Å². The highest BCUT2D eigenvalue weighted by Gasteiger charge is 2.25. The molecule has 0 atom stereocenters. The Morgan fingerprint density at radius 1 is 0.414 bits per heavy atom. The molecule has 0 saturated carbocycles. The first-order valence-electron chi connectivity index (χ1n) is 13.8. The zero-order valence-corrected chi connectivity index (χ0v) is 21.5. The molecule has 1 nitrogen and oxygen atoms in total. The van der Waals surface area contributed by atoms with E-state index in [4.69, 9.17) is 0 Å². The zero-order valence-electron chi connectivity index (χ0n) is 21.5. The van der Waals surface area contributed by atoms with E-state index in [1.54, 1.807) is 0 Å². The van der Waals surface area contributed by atoms with Gasteiger partial charge in [-0.2, -0.15) is 0 Å². The third kappa shape index (κ3) is 18.4. The highest BCUT2D eigenvalue weighted by molar-refractivity contribution is 4.81. The van der Waals surface area contributed by atoms with E-state index in [0.717, 1.165) is 0 Å². The lowest BCUT2D eigenvalue weighted by molar-refractivity contribution is 0.102. The molecular weight excluding hydrogens is 350 g/mol. The summed E-state index contributed by atoms with van der Waals surface area (Å²) in [5, 5.41) is 0. The molecule has 0 N–H and O–H groups in total. The van der Waals surface area contributed by atoms with Crippen molar-refractivity contribution >= 4 is 0 Å². The molecule has 0 amide bonds. The van der Waals surface area contributed by atoms with E-state index in [2.05, 4.69) is 39.5 Å². The molecule has 0 rings (SSSR count). The van der Waals surface area contributed by atoms with Crippen LogP contribution in [0.1, 0.15) is 163 Å². The Kier molecular flexibility index (Phi) is 21.2. The van der Waals surface area contributed by atoms with Crippen LogP contribution in [0.15, 0.2) is 0 Å². The monoisotopic (exact) mass is 409 g/mol. The van der Waals surface area contributed by atoms with Gasteiger partial charge in [-0.1, -0.05) is 130 Å². The lowest BCUT2D eigenvalue weighted by Crippen LogP contribution is -2.45. The van der Waals surface area contributed by atoms with Crippen LogP contribution in [-0.4, -0.2) is 23.5 Å².